The molecular weight excluding hydrogens is 526 g/mol. The molecule has 11 nitrogen and oxygen atoms in total. The Labute approximate surface area is 236 Å². The number of rotatable bonds is 4. The summed E-state index contributed by atoms with van der Waals surface area (Å²) >= 11 is 0. The van der Waals surface area contributed by atoms with Crippen LogP contribution in [0.2, 0.25) is 0 Å². The van der Waals surface area contributed by atoms with Gasteiger partial charge in [0, 0.05) is 53.8 Å². The molecule has 4 aliphatic rings. The molecule has 0 radical (unpaired) electrons. The van der Waals surface area contributed by atoms with Crippen LogP contribution in [0.5, 0.6) is 5.75 Å². The van der Waals surface area contributed by atoms with Gasteiger partial charge in [-0.25, -0.2) is 14.6 Å². The van der Waals surface area contributed by atoms with Crippen LogP contribution in [0.4, 0.5) is 4.79 Å². The summed E-state index contributed by atoms with van der Waals surface area (Å²) in [5.74, 6) is -0.242. The van der Waals surface area contributed by atoms with E-state index in [2.05, 4.69) is 5.32 Å². The summed E-state index contributed by atoms with van der Waals surface area (Å²) in [7, 11) is 3.92. The molecule has 0 saturated carbocycles. The number of nitrogens with one attached hydrogen (secondary N) is 1. The topological polar surface area (TPSA) is 126 Å². The zero-order valence-corrected chi connectivity index (χ0v) is 23.4. The summed E-state index contributed by atoms with van der Waals surface area (Å²) in [6, 6.07) is 7.66. The van der Waals surface area contributed by atoms with Crippen LogP contribution in [0.15, 0.2) is 29.1 Å². The van der Waals surface area contributed by atoms with Crippen LogP contribution < -0.4 is 15.6 Å². The van der Waals surface area contributed by atoms with E-state index in [4.69, 9.17) is 14.5 Å². The van der Waals surface area contributed by atoms with Crippen LogP contribution in [0.1, 0.15) is 48.4 Å². The second-order valence-electron chi connectivity index (χ2n) is 11.8. The monoisotopic (exact) mass is 559 g/mol. The predicted octanol–water partition coefficient (Wildman–Crippen LogP) is 2.08. The standard InChI is InChI=1S/C30H33N5O6/c1-4-30(39)22-10-24-26-16(13-34(24)27(36)21(22)15-40-28(30)37)9-19-20(14-33(2)3)25(8-7-23(19)32-26)41-29(38)35-17-5-6-18(35)12-31-11-17/h7-10,17-18,31,39H,4-6,11-15H2,1-3H3/t17?,18?,30-/m0/s1. The van der Waals surface area contributed by atoms with Crippen LogP contribution in [0, 0.1) is 0 Å². The van der Waals surface area contributed by atoms with Crippen LogP contribution in [-0.4, -0.2) is 75.8 Å². The number of carbonyl (C=O) groups is 2. The lowest BCUT2D eigenvalue weighted by Crippen LogP contribution is -2.55. The maximum Gasteiger partial charge on any atom is 0.415 e. The van der Waals surface area contributed by atoms with E-state index in [1.807, 2.05) is 36.0 Å². The Balaban J connectivity index is 1.31. The van der Waals surface area contributed by atoms with Gasteiger partial charge in [-0.15, -0.1) is 0 Å². The van der Waals surface area contributed by atoms with Gasteiger partial charge in [0.2, 0.25) is 0 Å². The minimum atomic E-state index is -1.87. The van der Waals surface area contributed by atoms with Crippen molar-refractivity contribution in [1.29, 1.82) is 0 Å². The Morgan fingerprint density at radius 3 is 2.68 bits per heavy atom. The maximum absolute atomic E-state index is 13.5. The number of esters is 1. The summed E-state index contributed by atoms with van der Waals surface area (Å²) in [4.78, 5) is 48.2. The van der Waals surface area contributed by atoms with Crippen molar-refractivity contribution in [3.8, 4) is 17.1 Å². The van der Waals surface area contributed by atoms with Gasteiger partial charge >= 0.3 is 12.1 Å². The van der Waals surface area contributed by atoms with E-state index in [1.54, 1.807) is 23.6 Å². The van der Waals surface area contributed by atoms with Gasteiger partial charge < -0.3 is 29.4 Å². The number of piperazine rings is 1. The molecule has 11 heteroatoms. The minimum absolute atomic E-state index is 0.0879. The highest BCUT2D eigenvalue weighted by molar-refractivity contribution is 5.90. The quantitative estimate of drug-likeness (QED) is 0.362. The number of pyridine rings is 2. The highest BCUT2D eigenvalue weighted by Gasteiger charge is 2.45. The van der Waals surface area contributed by atoms with Crippen molar-refractivity contribution in [2.75, 3.05) is 27.2 Å². The lowest BCUT2D eigenvalue weighted by atomic mass is 9.86. The van der Waals surface area contributed by atoms with Crippen molar-refractivity contribution < 1.29 is 24.2 Å². The highest BCUT2D eigenvalue weighted by Crippen LogP contribution is 2.40. The molecule has 214 valence electrons. The number of cyclic esters (lactones) is 1. The molecular formula is C30H33N5O6. The Bertz CT molecular complexity index is 1670. The fourth-order valence-corrected chi connectivity index (χ4v) is 6.89. The van der Waals surface area contributed by atoms with Gasteiger partial charge in [-0.05, 0) is 57.6 Å². The number of hydrogen-bond acceptors (Lipinski definition) is 9. The molecule has 1 amide bonds. The molecule has 2 bridgehead atoms. The number of aromatic nitrogens is 2. The van der Waals surface area contributed by atoms with Gasteiger partial charge in [0.05, 0.1) is 29.0 Å². The maximum atomic E-state index is 13.5. The summed E-state index contributed by atoms with van der Waals surface area (Å²) in [6.45, 7) is 3.90. The zero-order chi connectivity index (χ0) is 28.6. The lowest BCUT2D eigenvalue weighted by molar-refractivity contribution is -0.172. The van der Waals surface area contributed by atoms with Gasteiger partial charge in [0.15, 0.2) is 5.60 Å². The molecule has 0 spiro atoms. The molecule has 3 aromatic rings. The number of benzene rings is 1. The van der Waals surface area contributed by atoms with Crippen molar-refractivity contribution in [3.63, 3.8) is 0 Å². The second kappa shape index (κ2) is 9.37. The van der Waals surface area contributed by atoms with E-state index < -0.39 is 11.6 Å². The molecule has 0 aliphatic carbocycles. The number of carbonyl (C=O) groups excluding carboxylic acids is 2. The van der Waals surface area contributed by atoms with E-state index in [1.165, 1.54) is 0 Å². The van der Waals surface area contributed by atoms with Gasteiger partial charge in [-0.2, -0.15) is 0 Å². The summed E-state index contributed by atoms with van der Waals surface area (Å²) in [5.41, 5.74) is 1.99. The lowest BCUT2D eigenvalue weighted by Gasteiger charge is -2.34. The molecule has 2 fully saturated rings. The van der Waals surface area contributed by atoms with Gasteiger partial charge in [-0.3, -0.25) is 9.69 Å². The van der Waals surface area contributed by atoms with Crippen molar-refractivity contribution in [1.82, 2.24) is 24.7 Å². The Hall–Kier alpha value is -3.80. The molecule has 4 aliphatic heterocycles. The first kappa shape index (κ1) is 26.1. The van der Waals surface area contributed by atoms with E-state index >= 15 is 0 Å². The SMILES string of the molecule is CC[C@@]1(O)C(=O)OCc2c1cc1n(c2=O)Cc2cc3c(CN(C)C)c(OC(=O)N4C5CCC4CNC5)ccc3nc2-1. The van der Waals surface area contributed by atoms with E-state index in [0.717, 1.165) is 42.4 Å². The Morgan fingerprint density at radius 2 is 1.98 bits per heavy atom. The Kier molecular flexibility index (Phi) is 5.97. The summed E-state index contributed by atoms with van der Waals surface area (Å²) in [6.07, 6.45) is 1.72. The molecule has 6 heterocycles. The van der Waals surface area contributed by atoms with Crippen molar-refractivity contribution in [3.05, 3.63) is 56.9 Å². The number of amides is 1. The third kappa shape index (κ3) is 3.90. The first-order chi connectivity index (χ1) is 19.7. The number of aliphatic hydroxyl groups is 1. The van der Waals surface area contributed by atoms with Gasteiger partial charge in [-0.1, -0.05) is 6.92 Å². The van der Waals surface area contributed by atoms with E-state index in [9.17, 15) is 19.5 Å². The fraction of sp³-hybridized carbons (Fsp3) is 0.467. The average Bonchev–Trinajstić information content (AvgIpc) is 3.44. The van der Waals surface area contributed by atoms with Crippen LogP contribution in [-0.2, 0) is 34.8 Å². The fourth-order valence-electron chi connectivity index (χ4n) is 6.89. The number of fused-ring (bicyclic) bond motifs is 7. The van der Waals surface area contributed by atoms with Gasteiger partial charge in [0.25, 0.3) is 5.56 Å². The summed E-state index contributed by atoms with van der Waals surface area (Å²) in [5, 5.41) is 15.4. The molecule has 7 rings (SSSR count). The number of nitrogens with zero attached hydrogens (tertiary/aromatic N) is 4. The number of ether oxygens (including phenoxy) is 2. The summed E-state index contributed by atoms with van der Waals surface area (Å²) < 4.78 is 12.9. The average molecular weight is 560 g/mol. The molecule has 2 unspecified atom stereocenters. The Morgan fingerprint density at radius 1 is 1.22 bits per heavy atom. The zero-order valence-electron chi connectivity index (χ0n) is 23.4. The van der Waals surface area contributed by atoms with Crippen LogP contribution in [0.25, 0.3) is 22.3 Å². The van der Waals surface area contributed by atoms with Crippen LogP contribution >= 0.6 is 0 Å². The molecule has 2 aromatic heterocycles. The molecule has 2 N–H and O–H groups in total. The third-order valence-corrected chi connectivity index (χ3v) is 9.02. The predicted molar refractivity (Wildman–Crippen MR) is 149 cm³/mol. The number of hydrogen-bond donors (Lipinski definition) is 2. The smallest absolute Gasteiger partial charge is 0.415 e. The van der Waals surface area contributed by atoms with Crippen molar-refractivity contribution in [2.45, 2.75) is 63.6 Å². The molecule has 41 heavy (non-hydrogen) atoms. The van der Waals surface area contributed by atoms with E-state index in [0.29, 0.717) is 46.9 Å². The third-order valence-electron chi connectivity index (χ3n) is 9.02. The van der Waals surface area contributed by atoms with Crippen LogP contribution in [0.3, 0.4) is 0 Å². The first-order valence-corrected chi connectivity index (χ1v) is 14.2. The largest absolute Gasteiger partial charge is 0.458 e. The molecule has 2 saturated heterocycles. The highest BCUT2D eigenvalue weighted by atomic mass is 16.6. The molecule has 1 aromatic carbocycles. The first-order valence-electron chi connectivity index (χ1n) is 14.2. The second-order valence-corrected chi connectivity index (χ2v) is 11.8. The molecule has 3 atom stereocenters. The van der Waals surface area contributed by atoms with Crippen molar-refractivity contribution >= 4 is 23.0 Å². The van der Waals surface area contributed by atoms with Crippen molar-refractivity contribution in [2.24, 2.45) is 0 Å². The van der Waals surface area contributed by atoms with Gasteiger partial charge in [0.1, 0.15) is 12.4 Å². The van der Waals surface area contributed by atoms with E-state index in [-0.39, 0.29) is 36.8 Å². The minimum Gasteiger partial charge on any atom is -0.458 e. The normalized spacial score (nSPS) is 24.3.